The number of rotatable bonds is 0. The number of aromatic nitrogens is 8. The highest BCUT2D eigenvalue weighted by Gasteiger charge is 2.53. The summed E-state index contributed by atoms with van der Waals surface area (Å²) in [4.78, 5) is 37.7. The zero-order valence-corrected chi connectivity index (χ0v) is 28.1. The Kier molecular flexibility index (Phi) is 8.64. The summed E-state index contributed by atoms with van der Waals surface area (Å²) in [6, 6.07) is 0. The molecule has 0 radical (unpaired) electrons. The van der Waals surface area contributed by atoms with Crippen LogP contribution < -0.4 is 5.32 Å². The van der Waals surface area contributed by atoms with Crippen LogP contribution in [0.15, 0.2) is 37.5 Å². The molecule has 5 aliphatic heterocycles. The number of allylic oxidation sites excluding steroid dienone is 1. The van der Waals surface area contributed by atoms with Crippen LogP contribution in [0.2, 0.25) is 0 Å². The lowest BCUT2D eigenvalue weighted by molar-refractivity contribution is -0.0600. The number of hydrogen-bond donors (Lipinski definition) is 5. The number of thiol groups is 1. The number of nitrogens with one attached hydrogen (secondary N) is 1. The fourth-order valence-electron chi connectivity index (χ4n) is 6.10. The third-order valence-corrected chi connectivity index (χ3v) is 11.6. The molecule has 0 spiro atoms. The van der Waals surface area contributed by atoms with E-state index in [2.05, 4.69) is 47.5 Å². The van der Waals surface area contributed by atoms with Gasteiger partial charge in [0.1, 0.15) is 54.8 Å². The van der Waals surface area contributed by atoms with E-state index in [0.717, 1.165) is 0 Å². The van der Waals surface area contributed by atoms with Crippen LogP contribution in [0.5, 0.6) is 0 Å². The van der Waals surface area contributed by atoms with Gasteiger partial charge in [-0.3, -0.25) is 22.7 Å². The number of nitrogens with zero attached hydrogens (tertiary/aromatic N) is 8. The van der Waals surface area contributed by atoms with Crippen LogP contribution in [0, 0.1) is 0 Å². The topological polar surface area (TPSA) is 232 Å². The third kappa shape index (κ3) is 6.00. The minimum atomic E-state index is -4.28. The molecule has 4 aromatic rings. The van der Waals surface area contributed by atoms with Crippen molar-refractivity contribution in [1.29, 1.82) is 0 Å². The maximum atomic E-state index is 13.7. The summed E-state index contributed by atoms with van der Waals surface area (Å²) < 4.78 is 51.9. The largest absolute Gasteiger partial charge is 0.387 e. The smallest absolute Gasteiger partial charge is 0.386 e. The number of imidazole rings is 2. The number of fused-ring (bicyclic) bond motifs is 10. The van der Waals surface area contributed by atoms with Gasteiger partial charge in [0.05, 0.1) is 31.6 Å². The van der Waals surface area contributed by atoms with E-state index >= 15 is 0 Å². The van der Waals surface area contributed by atoms with Gasteiger partial charge < -0.3 is 34.4 Å². The van der Waals surface area contributed by atoms with Crippen molar-refractivity contribution in [3.63, 3.8) is 0 Å². The molecule has 9 rings (SSSR count). The zero-order chi connectivity index (χ0) is 33.2. The summed E-state index contributed by atoms with van der Waals surface area (Å²) >= 11 is 9.51. The van der Waals surface area contributed by atoms with Gasteiger partial charge in [0.25, 0.3) is 0 Å². The predicted molar refractivity (Wildman–Crippen MR) is 171 cm³/mol. The van der Waals surface area contributed by atoms with Crippen LogP contribution in [0.1, 0.15) is 24.6 Å². The normalized spacial score (nSPS) is 38.2. The van der Waals surface area contributed by atoms with Crippen molar-refractivity contribution in [3.05, 3.63) is 43.2 Å². The average Bonchev–Trinajstić information content (AvgIpc) is 3.81. The first-order valence-electron chi connectivity index (χ1n) is 14.8. The first kappa shape index (κ1) is 32.7. The number of anilines is 1. The van der Waals surface area contributed by atoms with Gasteiger partial charge >= 0.3 is 13.5 Å². The Bertz CT molecular complexity index is 1850. The summed E-state index contributed by atoms with van der Waals surface area (Å²) in [5.74, 6) is 0.440. The van der Waals surface area contributed by atoms with Crippen molar-refractivity contribution in [2.45, 2.75) is 61.9 Å². The van der Waals surface area contributed by atoms with Gasteiger partial charge in [0.15, 0.2) is 35.1 Å². The van der Waals surface area contributed by atoms with E-state index in [1.807, 2.05) is 12.2 Å². The first-order chi connectivity index (χ1) is 23.1. The van der Waals surface area contributed by atoms with Gasteiger partial charge in [0, 0.05) is 6.54 Å². The number of aliphatic hydroxyl groups is 2. The van der Waals surface area contributed by atoms with Crippen molar-refractivity contribution < 1.29 is 47.2 Å². The van der Waals surface area contributed by atoms with Gasteiger partial charge in [-0.2, -0.15) is 0 Å². The SMILES string of the molecule is O=P1(S)OC[C@H]2OC3[C@H](OP(O)(=S)OC[C@H]4O[C@H]([C@H](O1)[C@@H]4O)n1cnc4c(ncnc41)CC/C=C/CNc1ncnc4c1ncn43)[C@@H]2O. The van der Waals surface area contributed by atoms with Gasteiger partial charge in [-0.15, -0.1) is 0 Å². The Labute approximate surface area is 281 Å². The molecule has 23 heteroatoms. The van der Waals surface area contributed by atoms with E-state index < -0.39 is 75.8 Å². The van der Waals surface area contributed by atoms with Crippen LogP contribution in [0.3, 0.4) is 0 Å². The molecule has 0 amide bonds. The highest BCUT2D eigenvalue weighted by Crippen LogP contribution is 2.58. The second-order valence-corrected chi connectivity index (χ2v) is 17.0. The molecule has 5 aliphatic rings. The third-order valence-electron chi connectivity index (χ3n) is 8.38. The Morgan fingerprint density at radius 3 is 2.21 bits per heavy atom. The molecule has 14 bridgehead atoms. The van der Waals surface area contributed by atoms with Crippen molar-refractivity contribution in [2.24, 2.45) is 0 Å². The number of aryl methyl sites for hydroxylation is 1. The average molecular weight is 742 g/mol. The highest BCUT2D eigenvalue weighted by atomic mass is 32.7. The standard InChI is InChI=1S/C25H29N9O10P2S2/c35-17-13-6-39-46(38,48)44-20-18(36)14-7-40-45(37,47)43-19(17)24(41-13)33-10-31-15-12(27-8-29-22(15)33)4-2-1-3-5-26-21-16-23(30-9-28-21)34(11-32-16)25(20)42-14/h1,3,8-11,13-14,17-20,24-25,35-36H,2,4-7H2,(H,37,47)(H,38,48)(H,26,28,30)/b3-1+/t13-,14-,17-,18-,19-,20-,24-,25?,45?,46?/m1/s1. The maximum Gasteiger partial charge on any atom is 0.386 e. The molecule has 48 heavy (non-hydrogen) atoms. The second kappa shape index (κ2) is 12.7. The molecule has 10 atom stereocenters. The van der Waals surface area contributed by atoms with Gasteiger partial charge in [0.2, 0.25) is 0 Å². The Morgan fingerprint density at radius 2 is 1.48 bits per heavy atom. The van der Waals surface area contributed by atoms with Crippen LogP contribution in [-0.4, -0.2) is 111 Å². The Morgan fingerprint density at radius 1 is 0.854 bits per heavy atom. The van der Waals surface area contributed by atoms with Crippen LogP contribution in [0.4, 0.5) is 5.82 Å². The molecule has 0 aliphatic carbocycles. The van der Waals surface area contributed by atoms with E-state index in [9.17, 15) is 19.7 Å². The quantitative estimate of drug-likeness (QED) is 0.0967. The molecule has 0 saturated carbocycles. The van der Waals surface area contributed by atoms with Crippen molar-refractivity contribution in [3.8, 4) is 0 Å². The molecule has 19 nitrogen and oxygen atoms in total. The Hall–Kier alpha value is -2.49. The van der Waals surface area contributed by atoms with Crippen molar-refractivity contribution in [1.82, 2.24) is 39.0 Å². The fraction of sp³-hybridized carbons (Fsp3) is 0.520. The van der Waals surface area contributed by atoms with E-state index in [1.54, 1.807) is 0 Å². The molecule has 3 unspecified atom stereocenters. The summed E-state index contributed by atoms with van der Waals surface area (Å²) in [6.45, 7) is -8.99. The Balaban J connectivity index is 1.25. The fourth-order valence-corrected chi connectivity index (χ4v) is 8.98. The minimum absolute atomic E-state index is 0.321. The molecule has 4 N–H and O–H groups in total. The number of aliphatic hydroxyl groups excluding tert-OH is 2. The highest BCUT2D eigenvalue weighted by molar-refractivity contribution is 8.44. The second-order valence-electron chi connectivity index (χ2n) is 11.4. The molecule has 0 aromatic carbocycles. The minimum Gasteiger partial charge on any atom is -0.387 e. The monoisotopic (exact) mass is 741 g/mol. The van der Waals surface area contributed by atoms with Gasteiger partial charge in [-0.25, -0.2) is 34.5 Å². The predicted octanol–water partition coefficient (Wildman–Crippen LogP) is 1.17. The molecule has 3 saturated heterocycles. The van der Waals surface area contributed by atoms with Gasteiger partial charge in [-0.05, 0) is 24.6 Å². The molecule has 3 fully saturated rings. The first-order valence-corrected chi connectivity index (χ1v) is 20.1. The maximum absolute atomic E-state index is 13.7. The number of hydrogen-bond acceptors (Lipinski definition) is 17. The van der Waals surface area contributed by atoms with E-state index in [-0.39, 0.29) is 0 Å². The van der Waals surface area contributed by atoms with Crippen molar-refractivity contribution in [2.75, 3.05) is 25.1 Å². The molecule has 4 aromatic heterocycles. The summed E-state index contributed by atoms with van der Waals surface area (Å²) in [5.41, 5.74) is 2.24. The zero-order valence-electron chi connectivity index (χ0n) is 24.6. The van der Waals surface area contributed by atoms with E-state index in [1.165, 1.54) is 34.4 Å². The van der Waals surface area contributed by atoms with E-state index in [4.69, 9.17) is 39.4 Å². The van der Waals surface area contributed by atoms with Gasteiger partial charge in [-0.1, -0.05) is 24.4 Å². The summed E-state index contributed by atoms with van der Waals surface area (Å²) in [5, 5.41) is 25.9. The summed E-state index contributed by atoms with van der Waals surface area (Å²) in [7, 11) is 0. The lowest BCUT2D eigenvalue weighted by Crippen LogP contribution is -2.37. The van der Waals surface area contributed by atoms with Crippen LogP contribution >= 0.6 is 25.8 Å². The lowest BCUT2D eigenvalue weighted by Gasteiger charge is -2.27. The van der Waals surface area contributed by atoms with Crippen LogP contribution in [0.25, 0.3) is 22.3 Å². The summed E-state index contributed by atoms with van der Waals surface area (Å²) in [6.07, 6.45) is 0.386. The van der Waals surface area contributed by atoms with Crippen molar-refractivity contribution >= 4 is 65.7 Å². The lowest BCUT2D eigenvalue weighted by atomic mass is 10.1. The molecule has 9 heterocycles. The number of ether oxygens (including phenoxy) is 2. The molecular weight excluding hydrogens is 712 g/mol. The molecular formula is C25H29N9O10P2S2. The molecule has 256 valence electrons. The van der Waals surface area contributed by atoms with Crippen LogP contribution in [-0.2, 0) is 50.4 Å². The van der Waals surface area contributed by atoms with E-state index in [0.29, 0.717) is 53.2 Å².